The Morgan fingerprint density at radius 1 is 1.21 bits per heavy atom. The van der Waals surface area contributed by atoms with Crippen LogP contribution < -0.4 is 10.6 Å². The number of fused-ring (bicyclic) bond motifs is 1. The molecule has 34 heavy (non-hydrogen) atoms. The molecule has 2 amide bonds. The zero-order valence-electron chi connectivity index (χ0n) is 18.7. The summed E-state index contributed by atoms with van der Waals surface area (Å²) >= 11 is 3.22. The Labute approximate surface area is 205 Å². The summed E-state index contributed by atoms with van der Waals surface area (Å²) in [4.78, 5) is 29.2. The largest absolute Gasteiger partial charge is 0.353 e. The first kappa shape index (κ1) is 24.6. The topological polar surface area (TPSA) is 89.6 Å². The van der Waals surface area contributed by atoms with E-state index in [9.17, 15) is 14.0 Å². The maximum atomic E-state index is 13.2. The fourth-order valence-corrected chi connectivity index (χ4v) is 5.67. The number of amides is 2. The number of hydrogen-bond donors (Lipinski definition) is 2. The van der Waals surface area contributed by atoms with Gasteiger partial charge in [0.05, 0.1) is 23.4 Å². The number of hydrogen-bond acceptors (Lipinski definition) is 7. The molecule has 1 fully saturated rings. The molecule has 2 N–H and O–H groups in total. The van der Waals surface area contributed by atoms with Gasteiger partial charge in [-0.15, -0.1) is 11.3 Å². The summed E-state index contributed by atoms with van der Waals surface area (Å²) in [6.45, 7) is 2.86. The molecule has 0 spiro atoms. The van der Waals surface area contributed by atoms with E-state index in [0.717, 1.165) is 51.9 Å². The van der Waals surface area contributed by atoms with Gasteiger partial charge >= 0.3 is 0 Å². The van der Waals surface area contributed by atoms with Gasteiger partial charge in [-0.25, -0.2) is 9.37 Å². The van der Waals surface area contributed by atoms with Gasteiger partial charge in [0.2, 0.25) is 11.8 Å². The van der Waals surface area contributed by atoms with E-state index in [2.05, 4.69) is 15.6 Å². The highest BCUT2D eigenvalue weighted by Crippen LogP contribution is 2.32. The van der Waals surface area contributed by atoms with E-state index in [-0.39, 0.29) is 30.3 Å². The number of aromatic nitrogens is 1. The first-order chi connectivity index (χ1) is 16.5. The second-order valence-corrected chi connectivity index (χ2v) is 10.3. The van der Waals surface area contributed by atoms with Gasteiger partial charge in [0.15, 0.2) is 10.6 Å². The molecule has 1 aliphatic heterocycles. The Morgan fingerprint density at radius 2 is 1.97 bits per heavy atom. The van der Waals surface area contributed by atoms with Gasteiger partial charge in [-0.2, -0.15) is 0 Å². The van der Waals surface area contributed by atoms with Crippen molar-refractivity contribution in [3.8, 4) is 0 Å². The van der Waals surface area contributed by atoms with Crippen LogP contribution in [0, 0.1) is 5.82 Å². The number of rotatable bonds is 9. The van der Waals surface area contributed by atoms with Crippen LogP contribution >= 0.6 is 23.1 Å². The minimum absolute atomic E-state index is 0.135. The molecule has 0 aliphatic carbocycles. The molecule has 7 nitrogen and oxygen atoms in total. The minimum atomic E-state index is -0.782. The molecule has 2 heterocycles. The number of thioether (sulfide) groups is 1. The number of anilines is 1. The van der Waals surface area contributed by atoms with Crippen LogP contribution in [0.5, 0.6) is 0 Å². The quantitative estimate of drug-likeness (QED) is 0.422. The van der Waals surface area contributed by atoms with Crippen molar-refractivity contribution in [3.63, 3.8) is 0 Å². The SMILES string of the molecule is CC(=O)NC(Cc1ccc(F)cc1)C(=O)Nc1ccc2nc(SCCC3OCCCO3)sc2c1. The highest BCUT2D eigenvalue weighted by Gasteiger charge is 2.21. The number of nitrogens with one attached hydrogen (secondary N) is 2. The summed E-state index contributed by atoms with van der Waals surface area (Å²) < 4.78 is 26.3. The van der Waals surface area contributed by atoms with Crippen LogP contribution in [0.4, 0.5) is 10.1 Å². The number of halogens is 1. The van der Waals surface area contributed by atoms with Crippen molar-refractivity contribution < 1.29 is 23.5 Å². The van der Waals surface area contributed by atoms with Crippen LogP contribution in [0.25, 0.3) is 10.2 Å². The van der Waals surface area contributed by atoms with Gasteiger partial charge in [0.1, 0.15) is 11.9 Å². The van der Waals surface area contributed by atoms with E-state index >= 15 is 0 Å². The Kier molecular flexibility index (Phi) is 8.49. The van der Waals surface area contributed by atoms with Crippen molar-refractivity contribution in [1.82, 2.24) is 10.3 Å². The van der Waals surface area contributed by atoms with Gasteiger partial charge in [-0.1, -0.05) is 23.9 Å². The summed E-state index contributed by atoms with van der Waals surface area (Å²) in [5.74, 6) is -0.165. The average molecular weight is 504 g/mol. The third kappa shape index (κ3) is 6.99. The maximum absolute atomic E-state index is 13.2. The third-order valence-corrected chi connectivity index (χ3v) is 7.35. The van der Waals surface area contributed by atoms with E-state index < -0.39 is 6.04 Å². The molecule has 1 unspecified atom stereocenters. The van der Waals surface area contributed by atoms with Crippen LogP contribution in [-0.4, -0.2) is 48.1 Å². The molecule has 0 saturated carbocycles. The second kappa shape index (κ2) is 11.7. The van der Waals surface area contributed by atoms with E-state index in [1.54, 1.807) is 41.3 Å². The zero-order chi connectivity index (χ0) is 23.9. The highest BCUT2D eigenvalue weighted by molar-refractivity contribution is 8.01. The zero-order valence-corrected chi connectivity index (χ0v) is 20.3. The smallest absolute Gasteiger partial charge is 0.247 e. The first-order valence-electron chi connectivity index (χ1n) is 11.1. The number of thiazole rings is 1. The maximum Gasteiger partial charge on any atom is 0.247 e. The van der Waals surface area contributed by atoms with E-state index in [0.29, 0.717) is 5.69 Å². The van der Waals surface area contributed by atoms with Gasteiger partial charge in [0.25, 0.3) is 0 Å². The second-order valence-electron chi connectivity index (χ2n) is 7.90. The third-order valence-electron chi connectivity index (χ3n) is 5.16. The molecule has 0 bridgehead atoms. The average Bonchev–Trinajstić information content (AvgIpc) is 3.22. The lowest BCUT2D eigenvalue weighted by atomic mass is 10.0. The van der Waals surface area contributed by atoms with E-state index in [1.165, 1.54) is 19.1 Å². The lowest BCUT2D eigenvalue weighted by Gasteiger charge is -2.22. The molecule has 10 heteroatoms. The Hall–Kier alpha value is -2.53. The molecule has 0 radical (unpaired) electrons. The fraction of sp³-hybridized carbons (Fsp3) is 0.375. The van der Waals surface area contributed by atoms with Crippen LogP contribution in [0.2, 0.25) is 0 Å². The van der Waals surface area contributed by atoms with Crippen molar-refractivity contribution in [2.45, 2.75) is 42.9 Å². The highest BCUT2D eigenvalue weighted by atomic mass is 32.2. The van der Waals surface area contributed by atoms with E-state index in [4.69, 9.17) is 9.47 Å². The minimum Gasteiger partial charge on any atom is -0.353 e. The van der Waals surface area contributed by atoms with Crippen molar-refractivity contribution in [1.29, 1.82) is 0 Å². The monoisotopic (exact) mass is 503 g/mol. The van der Waals surface area contributed by atoms with Crippen molar-refractivity contribution in [3.05, 3.63) is 53.8 Å². The van der Waals surface area contributed by atoms with Crippen molar-refractivity contribution in [2.75, 3.05) is 24.3 Å². The standard InChI is InChI=1S/C24H26FN3O4S2/c1-15(29)26-20(13-16-3-5-17(25)6-4-16)23(30)27-18-7-8-19-21(14-18)34-24(28-19)33-12-9-22-31-10-2-11-32-22/h3-8,14,20,22H,2,9-13H2,1H3,(H,26,29)(H,27,30). The predicted octanol–water partition coefficient (Wildman–Crippen LogP) is 4.37. The van der Waals surface area contributed by atoms with Crippen molar-refractivity contribution in [2.24, 2.45) is 0 Å². The lowest BCUT2D eigenvalue weighted by Crippen LogP contribution is -2.44. The number of benzene rings is 2. The molecule has 1 atom stereocenters. The molecule has 2 aromatic carbocycles. The van der Waals surface area contributed by atoms with Crippen LogP contribution in [0.15, 0.2) is 46.8 Å². The molecular formula is C24H26FN3O4S2. The van der Waals surface area contributed by atoms with Gasteiger partial charge in [0, 0.05) is 31.2 Å². The fourth-order valence-electron chi connectivity index (χ4n) is 3.53. The predicted molar refractivity (Wildman–Crippen MR) is 132 cm³/mol. The van der Waals surface area contributed by atoms with Crippen LogP contribution in [-0.2, 0) is 25.5 Å². The Morgan fingerprint density at radius 3 is 2.71 bits per heavy atom. The van der Waals surface area contributed by atoms with E-state index in [1.807, 2.05) is 12.1 Å². The molecule has 1 saturated heterocycles. The summed E-state index contributed by atoms with van der Waals surface area (Å²) in [7, 11) is 0. The molecule has 1 aromatic heterocycles. The Bertz CT molecular complexity index is 1130. The number of nitrogens with zero attached hydrogens (tertiary/aromatic N) is 1. The van der Waals surface area contributed by atoms with Gasteiger partial charge in [-0.05, 0) is 42.3 Å². The summed E-state index contributed by atoms with van der Waals surface area (Å²) in [6, 6.07) is 10.6. The number of carbonyl (C=O) groups is 2. The summed E-state index contributed by atoms with van der Waals surface area (Å²) in [5, 5.41) is 5.55. The van der Waals surface area contributed by atoms with Crippen LogP contribution in [0.1, 0.15) is 25.3 Å². The lowest BCUT2D eigenvalue weighted by molar-refractivity contribution is -0.178. The van der Waals surface area contributed by atoms with Gasteiger partial charge < -0.3 is 20.1 Å². The Balaban J connectivity index is 1.37. The normalized spacial score (nSPS) is 15.2. The van der Waals surface area contributed by atoms with Gasteiger partial charge in [-0.3, -0.25) is 9.59 Å². The molecule has 3 aromatic rings. The molecular weight excluding hydrogens is 477 g/mol. The summed E-state index contributed by atoms with van der Waals surface area (Å²) in [6.07, 6.45) is 1.87. The van der Waals surface area contributed by atoms with Crippen molar-refractivity contribution >= 4 is 50.8 Å². The van der Waals surface area contributed by atoms with Crippen LogP contribution in [0.3, 0.4) is 0 Å². The molecule has 4 rings (SSSR count). The molecule has 180 valence electrons. The number of carbonyl (C=O) groups excluding carboxylic acids is 2. The molecule has 1 aliphatic rings. The number of ether oxygens (including phenoxy) is 2. The first-order valence-corrected chi connectivity index (χ1v) is 12.9. The summed E-state index contributed by atoms with van der Waals surface area (Å²) in [5.41, 5.74) is 2.23.